The number of benzene rings is 3. The zero-order valence-electron chi connectivity index (χ0n) is 21.9. The summed E-state index contributed by atoms with van der Waals surface area (Å²) >= 11 is 0. The number of nitrogens with zero attached hydrogens (tertiary/aromatic N) is 3. The second-order valence-corrected chi connectivity index (χ2v) is 8.85. The molecular formula is C29H29F2N3O5. The van der Waals surface area contributed by atoms with Gasteiger partial charge >= 0.3 is 0 Å². The Morgan fingerprint density at radius 2 is 1.74 bits per heavy atom. The Bertz CT molecular complexity index is 1360. The van der Waals surface area contributed by atoms with Crippen molar-refractivity contribution in [3.8, 4) is 11.5 Å². The van der Waals surface area contributed by atoms with E-state index in [-0.39, 0.29) is 25.3 Å². The molecule has 1 heterocycles. The molecule has 0 aromatic heterocycles. The molecule has 3 aromatic rings. The average Bonchev–Trinajstić information content (AvgIpc) is 3.40. The number of carbonyl (C=O) groups excluding carboxylic acids is 2. The van der Waals surface area contributed by atoms with Crippen LogP contribution in [0.25, 0.3) is 0 Å². The van der Waals surface area contributed by atoms with Gasteiger partial charge in [-0.15, -0.1) is 0 Å². The first kappa shape index (κ1) is 27.7. The fourth-order valence-electron chi connectivity index (χ4n) is 4.38. The molecule has 4 rings (SSSR count). The van der Waals surface area contributed by atoms with Crippen LogP contribution in [0.1, 0.15) is 33.9 Å². The van der Waals surface area contributed by atoms with Gasteiger partial charge in [0.15, 0.2) is 0 Å². The highest BCUT2D eigenvalue weighted by molar-refractivity contribution is 6.05. The number of amides is 2. The molecule has 3 aromatic carbocycles. The molecule has 0 unspecified atom stereocenters. The first-order valence-electron chi connectivity index (χ1n) is 12.3. The van der Waals surface area contributed by atoms with Crippen molar-refractivity contribution in [3.63, 3.8) is 0 Å². The molecule has 10 heteroatoms. The summed E-state index contributed by atoms with van der Waals surface area (Å²) in [6.07, 6.45) is 0.329. The predicted molar refractivity (Wildman–Crippen MR) is 141 cm³/mol. The molecule has 1 aliphatic heterocycles. The third-order valence-corrected chi connectivity index (χ3v) is 6.39. The fraction of sp³-hybridized carbons (Fsp3) is 0.276. The zero-order chi connectivity index (χ0) is 27.9. The van der Waals surface area contributed by atoms with Crippen LogP contribution in [-0.2, 0) is 9.53 Å². The van der Waals surface area contributed by atoms with Crippen LogP contribution in [0.5, 0.6) is 11.5 Å². The molecule has 0 aliphatic carbocycles. The van der Waals surface area contributed by atoms with E-state index in [1.807, 2.05) is 0 Å². The SMILES string of the molecule is COCCN(CC(=O)N1N=C(c2ccc(OC)cc2OC)C[C@@H]1c1ccc(F)cc1)C(=O)c1cccc(F)c1. The third-order valence-electron chi connectivity index (χ3n) is 6.39. The molecule has 8 nitrogen and oxygen atoms in total. The summed E-state index contributed by atoms with van der Waals surface area (Å²) in [5, 5.41) is 5.95. The highest BCUT2D eigenvalue weighted by Gasteiger charge is 2.35. The predicted octanol–water partition coefficient (Wildman–Crippen LogP) is 4.45. The molecule has 39 heavy (non-hydrogen) atoms. The Balaban J connectivity index is 1.67. The van der Waals surface area contributed by atoms with Gasteiger partial charge in [-0.05, 0) is 48.0 Å². The van der Waals surface area contributed by atoms with Crippen LogP contribution in [-0.4, -0.2) is 68.5 Å². The van der Waals surface area contributed by atoms with Gasteiger partial charge in [-0.1, -0.05) is 18.2 Å². The van der Waals surface area contributed by atoms with Crippen LogP contribution in [0.4, 0.5) is 8.78 Å². The molecular weight excluding hydrogens is 508 g/mol. The highest BCUT2D eigenvalue weighted by atomic mass is 19.1. The molecule has 2 amide bonds. The Hall–Kier alpha value is -4.31. The van der Waals surface area contributed by atoms with Gasteiger partial charge in [-0.25, -0.2) is 13.8 Å². The lowest BCUT2D eigenvalue weighted by atomic mass is 9.97. The molecule has 0 N–H and O–H groups in total. The van der Waals surface area contributed by atoms with Crippen molar-refractivity contribution < 1.29 is 32.6 Å². The maximum atomic E-state index is 13.8. The Kier molecular flexibility index (Phi) is 8.88. The largest absolute Gasteiger partial charge is 0.497 e. The summed E-state index contributed by atoms with van der Waals surface area (Å²) in [4.78, 5) is 28.2. The lowest BCUT2D eigenvalue weighted by molar-refractivity contribution is -0.133. The van der Waals surface area contributed by atoms with Crippen LogP contribution in [0, 0.1) is 11.6 Å². The van der Waals surface area contributed by atoms with Crippen LogP contribution in [0.2, 0.25) is 0 Å². The molecule has 0 radical (unpaired) electrons. The highest BCUT2D eigenvalue weighted by Crippen LogP contribution is 2.36. The maximum absolute atomic E-state index is 13.8. The van der Waals surface area contributed by atoms with Crippen molar-refractivity contribution in [3.05, 3.63) is 95.1 Å². The Morgan fingerprint density at radius 3 is 2.41 bits per heavy atom. The van der Waals surface area contributed by atoms with Crippen molar-refractivity contribution >= 4 is 17.5 Å². The number of carbonyl (C=O) groups is 2. The first-order chi connectivity index (χ1) is 18.8. The molecule has 0 saturated heterocycles. The summed E-state index contributed by atoms with van der Waals surface area (Å²) in [7, 11) is 4.56. The maximum Gasteiger partial charge on any atom is 0.262 e. The number of hydrogen-bond donors (Lipinski definition) is 0. The van der Waals surface area contributed by atoms with E-state index in [4.69, 9.17) is 14.2 Å². The lowest BCUT2D eigenvalue weighted by Gasteiger charge is -2.27. The summed E-state index contributed by atoms with van der Waals surface area (Å²) in [6.45, 7) is -0.0459. The van der Waals surface area contributed by atoms with Crippen molar-refractivity contribution in [2.45, 2.75) is 12.5 Å². The number of hydrazone groups is 1. The number of rotatable bonds is 10. The van der Waals surface area contributed by atoms with E-state index >= 15 is 0 Å². The van der Waals surface area contributed by atoms with Gasteiger partial charge in [-0.3, -0.25) is 9.59 Å². The van der Waals surface area contributed by atoms with Gasteiger partial charge in [0.2, 0.25) is 0 Å². The van der Waals surface area contributed by atoms with Crippen LogP contribution in [0.3, 0.4) is 0 Å². The second kappa shape index (κ2) is 12.5. The number of methoxy groups -OCH3 is 3. The quantitative estimate of drug-likeness (QED) is 0.382. The van der Waals surface area contributed by atoms with Gasteiger partial charge in [0, 0.05) is 37.3 Å². The minimum absolute atomic E-state index is 0.107. The van der Waals surface area contributed by atoms with E-state index in [1.165, 1.54) is 54.5 Å². The third kappa shape index (κ3) is 6.40. The van der Waals surface area contributed by atoms with E-state index in [2.05, 4.69) is 5.10 Å². The molecule has 1 atom stereocenters. The fourth-order valence-corrected chi connectivity index (χ4v) is 4.38. The van der Waals surface area contributed by atoms with E-state index in [1.54, 1.807) is 37.4 Å². The minimum Gasteiger partial charge on any atom is -0.497 e. The molecule has 0 spiro atoms. The van der Waals surface area contributed by atoms with Crippen LogP contribution < -0.4 is 9.47 Å². The van der Waals surface area contributed by atoms with Gasteiger partial charge in [-0.2, -0.15) is 5.10 Å². The van der Waals surface area contributed by atoms with E-state index in [9.17, 15) is 18.4 Å². The van der Waals surface area contributed by atoms with Crippen molar-refractivity contribution in [2.24, 2.45) is 5.10 Å². The van der Waals surface area contributed by atoms with Gasteiger partial charge < -0.3 is 19.1 Å². The van der Waals surface area contributed by atoms with E-state index < -0.39 is 29.5 Å². The van der Waals surface area contributed by atoms with Gasteiger partial charge in [0.1, 0.15) is 29.7 Å². The molecule has 204 valence electrons. The molecule has 0 bridgehead atoms. The summed E-state index contributed by atoms with van der Waals surface area (Å²) in [5.74, 6) is -0.826. The average molecular weight is 538 g/mol. The van der Waals surface area contributed by atoms with E-state index in [0.717, 1.165) is 6.07 Å². The van der Waals surface area contributed by atoms with Gasteiger partial charge in [0.05, 0.1) is 32.6 Å². The summed E-state index contributed by atoms with van der Waals surface area (Å²) < 4.78 is 43.4. The normalized spacial score (nSPS) is 14.6. The molecule has 0 fully saturated rings. The molecule has 0 saturated carbocycles. The smallest absolute Gasteiger partial charge is 0.262 e. The Morgan fingerprint density at radius 1 is 0.974 bits per heavy atom. The number of ether oxygens (including phenoxy) is 3. The second-order valence-electron chi connectivity index (χ2n) is 8.85. The summed E-state index contributed by atoms with van der Waals surface area (Å²) in [6, 6.07) is 15.9. The topological polar surface area (TPSA) is 80.7 Å². The van der Waals surface area contributed by atoms with Crippen LogP contribution in [0.15, 0.2) is 71.8 Å². The summed E-state index contributed by atoms with van der Waals surface area (Å²) in [5.41, 5.74) is 2.04. The van der Waals surface area contributed by atoms with Crippen LogP contribution >= 0.6 is 0 Å². The van der Waals surface area contributed by atoms with Gasteiger partial charge in [0.25, 0.3) is 11.8 Å². The lowest BCUT2D eigenvalue weighted by Crippen LogP contribution is -2.42. The number of halogens is 2. The van der Waals surface area contributed by atoms with Crippen molar-refractivity contribution in [1.82, 2.24) is 9.91 Å². The molecule has 1 aliphatic rings. The number of hydrogen-bond acceptors (Lipinski definition) is 6. The monoisotopic (exact) mass is 537 g/mol. The standard InChI is InChI=1S/C29H29F2N3O5/c1-37-14-13-33(29(36)20-5-4-6-22(31)15-20)18-28(35)34-26(19-7-9-21(30)10-8-19)17-25(32-34)24-12-11-23(38-2)16-27(24)39-3/h4-12,15-16,26H,13-14,17-18H2,1-3H3/t26-/m1/s1. The Labute approximate surface area is 225 Å². The minimum atomic E-state index is -0.558. The van der Waals surface area contributed by atoms with E-state index in [0.29, 0.717) is 34.8 Å². The zero-order valence-corrected chi connectivity index (χ0v) is 21.9. The van der Waals surface area contributed by atoms with Crippen molar-refractivity contribution in [1.29, 1.82) is 0 Å². The first-order valence-corrected chi connectivity index (χ1v) is 12.3. The van der Waals surface area contributed by atoms with Crippen molar-refractivity contribution in [2.75, 3.05) is 41.0 Å².